The third-order valence-electron chi connectivity index (χ3n) is 7.04. The standard InChI is InChI=1S/C28H29ClN2O4.ClH/c1-18-14-22(8-9-25(18)29)35-17-21(32)16-30-12-10-19(11-13-30)15-31-27(33)23-6-2-4-20-5-3-7-24(26(20)23)28(31)34;/h2-9,14,19,21,32H,10-13,15-17H2,1H3;1H. The summed E-state index contributed by atoms with van der Waals surface area (Å²) in [6.07, 6.45) is 1.13. The minimum Gasteiger partial charge on any atom is -0.491 e. The van der Waals surface area contributed by atoms with Crippen molar-refractivity contribution in [3.8, 4) is 5.75 Å². The lowest BCUT2D eigenvalue weighted by atomic mass is 9.91. The van der Waals surface area contributed by atoms with Crippen LogP contribution in [0.4, 0.5) is 0 Å². The highest BCUT2D eigenvalue weighted by atomic mass is 35.5. The largest absolute Gasteiger partial charge is 0.491 e. The fourth-order valence-corrected chi connectivity index (χ4v) is 5.22. The summed E-state index contributed by atoms with van der Waals surface area (Å²) in [5.74, 6) is 0.533. The second-order valence-corrected chi connectivity index (χ2v) is 9.96. The Balaban J connectivity index is 0.00000304. The van der Waals surface area contributed by atoms with Crippen LogP contribution in [0.2, 0.25) is 5.02 Å². The maximum atomic E-state index is 13.2. The van der Waals surface area contributed by atoms with Crippen molar-refractivity contribution in [3.05, 3.63) is 76.3 Å². The first-order valence-electron chi connectivity index (χ1n) is 12.1. The Morgan fingerprint density at radius 2 is 1.67 bits per heavy atom. The summed E-state index contributed by atoms with van der Waals surface area (Å²) in [5, 5.41) is 12.8. The van der Waals surface area contributed by atoms with Gasteiger partial charge in [-0.25, -0.2) is 0 Å². The number of rotatable bonds is 7. The van der Waals surface area contributed by atoms with Gasteiger partial charge in [-0.15, -0.1) is 12.4 Å². The molecule has 3 aromatic carbocycles. The number of hydrogen-bond acceptors (Lipinski definition) is 5. The monoisotopic (exact) mass is 528 g/mol. The zero-order chi connectivity index (χ0) is 24.5. The number of aryl methyl sites for hydroxylation is 1. The van der Waals surface area contributed by atoms with E-state index in [1.54, 1.807) is 12.1 Å². The van der Waals surface area contributed by atoms with Crippen molar-refractivity contribution >= 4 is 46.6 Å². The number of halogens is 2. The molecule has 3 aromatic rings. The molecule has 0 radical (unpaired) electrons. The van der Waals surface area contributed by atoms with Gasteiger partial charge in [0.15, 0.2) is 0 Å². The molecule has 1 saturated heterocycles. The number of β-amino-alcohol motifs (C(OH)–C–C–N with tert-alkyl or cyclic N) is 1. The van der Waals surface area contributed by atoms with E-state index in [2.05, 4.69) is 4.90 Å². The van der Waals surface area contributed by atoms with Gasteiger partial charge >= 0.3 is 0 Å². The molecule has 2 aliphatic heterocycles. The molecule has 5 rings (SSSR count). The zero-order valence-electron chi connectivity index (χ0n) is 20.2. The molecule has 0 aliphatic carbocycles. The fraction of sp³-hybridized carbons (Fsp3) is 0.357. The predicted molar refractivity (Wildman–Crippen MR) is 143 cm³/mol. The van der Waals surface area contributed by atoms with Crippen molar-refractivity contribution in [1.29, 1.82) is 0 Å². The van der Waals surface area contributed by atoms with Crippen molar-refractivity contribution in [2.75, 3.05) is 32.8 Å². The van der Waals surface area contributed by atoms with Gasteiger partial charge in [0, 0.05) is 34.6 Å². The lowest BCUT2D eigenvalue weighted by Crippen LogP contribution is -2.46. The van der Waals surface area contributed by atoms with E-state index in [0.717, 1.165) is 42.3 Å². The van der Waals surface area contributed by atoms with E-state index in [-0.39, 0.29) is 36.7 Å². The number of likely N-dealkylation sites (tertiary alicyclic amines) is 1. The number of amides is 2. The topological polar surface area (TPSA) is 70.1 Å². The Kier molecular flexibility index (Phi) is 8.20. The van der Waals surface area contributed by atoms with Crippen molar-refractivity contribution in [3.63, 3.8) is 0 Å². The van der Waals surface area contributed by atoms with Gasteiger partial charge in [0.1, 0.15) is 18.5 Å². The quantitative estimate of drug-likeness (QED) is 0.438. The predicted octanol–water partition coefficient (Wildman–Crippen LogP) is 4.97. The Labute approximate surface area is 222 Å². The minimum absolute atomic E-state index is 0. The maximum Gasteiger partial charge on any atom is 0.261 e. The number of benzene rings is 3. The Bertz CT molecular complexity index is 1220. The molecule has 1 atom stereocenters. The average molecular weight is 529 g/mol. The van der Waals surface area contributed by atoms with Crippen molar-refractivity contribution in [2.45, 2.75) is 25.9 Å². The van der Waals surface area contributed by atoms with Gasteiger partial charge in [-0.3, -0.25) is 14.5 Å². The second kappa shape index (κ2) is 11.2. The Morgan fingerprint density at radius 1 is 1.03 bits per heavy atom. The number of imide groups is 1. The Hall–Kier alpha value is -2.64. The molecule has 6 nitrogen and oxygen atoms in total. The van der Waals surface area contributed by atoms with Crippen LogP contribution in [0.25, 0.3) is 10.8 Å². The molecule has 2 heterocycles. The lowest BCUT2D eigenvalue weighted by molar-refractivity contribution is 0.0453. The molecular formula is C28H30Cl2N2O4. The number of hydrogen-bond donors (Lipinski definition) is 1. The second-order valence-electron chi connectivity index (χ2n) is 9.55. The first kappa shape index (κ1) is 26.4. The third-order valence-corrected chi connectivity index (χ3v) is 7.47. The zero-order valence-corrected chi connectivity index (χ0v) is 21.7. The molecule has 0 spiro atoms. The van der Waals surface area contributed by atoms with E-state index in [9.17, 15) is 14.7 Å². The molecule has 36 heavy (non-hydrogen) atoms. The normalized spacial score (nSPS) is 17.2. The molecule has 0 saturated carbocycles. The molecule has 190 valence electrons. The summed E-state index contributed by atoms with van der Waals surface area (Å²) < 4.78 is 5.73. The van der Waals surface area contributed by atoms with Gasteiger partial charge in [0.25, 0.3) is 11.8 Å². The molecule has 1 fully saturated rings. The molecule has 1 N–H and O–H groups in total. The number of piperidine rings is 1. The van der Waals surface area contributed by atoms with Crippen molar-refractivity contribution in [2.24, 2.45) is 5.92 Å². The van der Waals surface area contributed by atoms with Crippen molar-refractivity contribution < 1.29 is 19.4 Å². The summed E-state index contributed by atoms with van der Waals surface area (Å²) in [7, 11) is 0. The molecule has 8 heteroatoms. The molecule has 2 aliphatic rings. The van der Waals surface area contributed by atoms with Gasteiger partial charge in [-0.05, 0) is 80.1 Å². The fourth-order valence-electron chi connectivity index (χ4n) is 5.11. The first-order valence-corrected chi connectivity index (χ1v) is 12.5. The average Bonchev–Trinajstić information content (AvgIpc) is 2.86. The van der Waals surface area contributed by atoms with Crippen molar-refractivity contribution in [1.82, 2.24) is 9.80 Å². The summed E-state index contributed by atoms with van der Waals surface area (Å²) in [6.45, 7) is 4.70. The molecular weight excluding hydrogens is 499 g/mol. The summed E-state index contributed by atoms with van der Waals surface area (Å²) in [5.41, 5.74) is 2.15. The highest BCUT2D eigenvalue weighted by molar-refractivity contribution is 6.31. The number of ether oxygens (including phenoxy) is 1. The lowest BCUT2D eigenvalue weighted by Gasteiger charge is -2.36. The molecule has 0 bridgehead atoms. The van der Waals surface area contributed by atoms with Crippen LogP contribution in [0, 0.1) is 12.8 Å². The SMILES string of the molecule is Cc1cc(OCC(O)CN2CCC(CN3C(=O)c4cccc5cccc(c45)C3=O)CC2)ccc1Cl.Cl. The Morgan fingerprint density at radius 3 is 2.28 bits per heavy atom. The highest BCUT2D eigenvalue weighted by Gasteiger charge is 2.34. The van der Waals surface area contributed by atoms with E-state index >= 15 is 0 Å². The van der Waals surface area contributed by atoms with Gasteiger partial charge in [-0.1, -0.05) is 35.9 Å². The number of carbonyl (C=O) groups excluding carboxylic acids is 2. The van der Waals surface area contributed by atoms with Gasteiger partial charge in [0.05, 0.1) is 0 Å². The van der Waals surface area contributed by atoms with Gasteiger partial charge < -0.3 is 14.7 Å². The van der Waals surface area contributed by atoms with Crippen LogP contribution in [-0.2, 0) is 0 Å². The van der Waals surface area contributed by atoms with Gasteiger partial charge in [-0.2, -0.15) is 0 Å². The minimum atomic E-state index is -0.607. The van der Waals surface area contributed by atoms with Gasteiger partial charge in [0.2, 0.25) is 0 Å². The van der Waals surface area contributed by atoms with E-state index in [1.807, 2.05) is 49.4 Å². The molecule has 1 unspecified atom stereocenters. The van der Waals surface area contributed by atoms with Crippen LogP contribution >= 0.6 is 24.0 Å². The summed E-state index contributed by atoms with van der Waals surface area (Å²) in [6, 6.07) is 16.7. The van der Waals surface area contributed by atoms with E-state index in [1.165, 1.54) is 4.90 Å². The third kappa shape index (κ3) is 5.37. The number of nitrogens with zero attached hydrogens (tertiary/aromatic N) is 2. The highest BCUT2D eigenvalue weighted by Crippen LogP contribution is 2.31. The van der Waals surface area contributed by atoms with Crippen LogP contribution in [0.1, 0.15) is 39.1 Å². The molecule has 2 amide bonds. The van der Waals surface area contributed by atoms with Crippen LogP contribution in [0.5, 0.6) is 5.75 Å². The van der Waals surface area contributed by atoms with E-state index in [4.69, 9.17) is 16.3 Å². The van der Waals surface area contributed by atoms with Crippen LogP contribution < -0.4 is 4.74 Å². The number of aliphatic hydroxyl groups is 1. The smallest absolute Gasteiger partial charge is 0.261 e. The summed E-state index contributed by atoms with van der Waals surface area (Å²) in [4.78, 5) is 30.0. The first-order chi connectivity index (χ1) is 16.9. The molecule has 0 aromatic heterocycles. The summed E-state index contributed by atoms with van der Waals surface area (Å²) >= 11 is 6.05. The van der Waals surface area contributed by atoms with E-state index < -0.39 is 6.10 Å². The number of carbonyl (C=O) groups is 2. The van der Waals surface area contributed by atoms with Crippen LogP contribution in [0.15, 0.2) is 54.6 Å². The van der Waals surface area contributed by atoms with E-state index in [0.29, 0.717) is 35.0 Å². The van der Waals surface area contributed by atoms with Crippen LogP contribution in [-0.4, -0.2) is 65.6 Å². The number of aliphatic hydroxyl groups excluding tert-OH is 1. The van der Waals surface area contributed by atoms with Crippen LogP contribution in [0.3, 0.4) is 0 Å². The maximum absolute atomic E-state index is 13.2.